The third-order valence-corrected chi connectivity index (χ3v) is 6.46. The number of nitrogens with one attached hydrogen (secondary N) is 1. The van der Waals surface area contributed by atoms with Crippen LogP contribution in [0.1, 0.15) is 17.6 Å². The Bertz CT molecular complexity index is 1330. The number of ether oxygens (including phenoxy) is 1. The van der Waals surface area contributed by atoms with Gasteiger partial charge in [0.15, 0.2) is 6.10 Å². The molecule has 0 saturated carbocycles. The van der Waals surface area contributed by atoms with Gasteiger partial charge in [0.1, 0.15) is 23.1 Å². The molecule has 8 nitrogen and oxygen atoms in total. The zero-order chi connectivity index (χ0) is 23.7. The number of nitrogens with zero attached hydrogens (tertiary/aromatic N) is 3. The van der Waals surface area contributed by atoms with E-state index in [4.69, 9.17) is 14.1 Å². The maximum absolute atomic E-state index is 12.9. The Kier molecular flexibility index (Phi) is 5.85. The number of thiazole rings is 1. The van der Waals surface area contributed by atoms with Gasteiger partial charge in [-0.15, -0.1) is 11.3 Å². The van der Waals surface area contributed by atoms with E-state index in [1.165, 1.54) is 4.90 Å². The first-order valence-electron chi connectivity index (χ1n) is 10.8. The predicted octanol–water partition coefficient (Wildman–Crippen LogP) is 4.20. The monoisotopic (exact) mass is 474 g/mol. The van der Waals surface area contributed by atoms with Crippen molar-refractivity contribution in [3.63, 3.8) is 0 Å². The number of aromatic nitrogens is 2. The van der Waals surface area contributed by atoms with Crippen LogP contribution in [-0.2, 0) is 16.1 Å². The van der Waals surface area contributed by atoms with E-state index in [1.54, 1.807) is 42.9 Å². The van der Waals surface area contributed by atoms with Crippen LogP contribution in [0.4, 0.5) is 5.69 Å². The molecule has 0 aliphatic carbocycles. The van der Waals surface area contributed by atoms with Gasteiger partial charge in [0.25, 0.3) is 5.91 Å². The molecule has 1 N–H and O–H groups in total. The summed E-state index contributed by atoms with van der Waals surface area (Å²) in [6.45, 7) is 3.80. The van der Waals surface area contributed by atoms with Crippen molar-refractivity contribution in [2.75, 3.05) is 11.4 Å². The maximum Gasteiger partial charge on any atom is 0.268 e. The number of hydrogen-bond donors (Lipinski definition) is 1. The summed E-state index contributed by atoms with van der Waals surface area (Å²) >= 11 is 1.56. The van der Waals surface area contributed by atoms with Crippen LogP contribution in [0.25, 0.3) is 22.0 Å². The van der Waals surface area contributed by atoms with Gasteiger partial charge in [-0.3, -0.25) is 19.5 Å². The molecule has 4 heterocycles. The zero-order valence-corrected chi connectivity index (χ0v) is 19.5. The number of pyridine rings is 1. The highest BCUT2D eigenvalue weighted by Gasteiger charge is 2.33. The van der Waals surface area contributed by atoms with Crippen LogP contribution in [0.2, 0.25) is 0 Å². The first kappa shape index (κ1) is 21.8. The lowest BCUT2D eigenvalue weighted by molar-refractivity contribution is -0.128. The minimum atomic E-state index is -0.687. The summed E-state index contributed by atoms with van der Waals surface area (Å²) in [5.74, 6) is 0.618. The largest absolute Gasteiger partial charge is 0.479 e. The molecule has 0 fully saturated rings. The van der Waals surface area contributed by atoms with E-state index in [0.29, 0.717) is 17.2 Å². The van der Waals surface area contributed by atoms with Crippen molar-refractivity contribution in [1.29, 1.82) is 0 Å². The predicted molar refractivity (Wildman–Crippen MR) is 129 cm³/mol. The smallest absolute Gasteiger partial charge is 0.268 e. The second kappa shape index (κ2) is 9.11. The summed E-state index contributed by atoms with van der Waals surface area (Å²) in [6, 6.07) is 14.8. The Balaban J connectivity index is 1.43. The minimum Gasteiger partial charge on any atom is -0.479 e. The highest BCUT2D eigenvalue weighted by atomic mass is 32.1. The Morgan fingerprint density at radius 2 is 2.09 bits per heavy atom. The second-order valence-corrected chi connectivity index (χ2v) is 9.07. The lowest BCUT2D eigenvalue weighted by atomic mass is 10.1. The van der Waals surface area contributed by atoms with Crippen molar-refractivity contribution in [3.05, 3.63) is 71.6 Å². The number of anilines is 1. The van der Waals surface area contributed by atoms with Crippen LogP contribution in [-0.4, -0.2) is 34.4 Å². The lowest BCUT2D eigenvalue weighted by Crippen LogP contribution is -2.48. The van der Waals surface area contributed by atoms with Gasteiger partial charge in [-0.25, -0.2) is 4.98 Å². The van der Waals surface area contributed by atoms with Gasteiger partial charge in [-0.05, 0) is 56.3 Å². The number of hydrogen-bond acceptors (Lipinski definition) is 7. The minimum absolute atomic E-state index is 0.126. The van der Waals surface area contributed by atoms with Crippen LogP contribution < -0.4 is 15.0 Å². The first-order chi connectivity index (χ1) is 16.5. The standard InChI is InChI=1S/C25H22N4O4S/c1-15-25(31)29(14-22(30)27-13-18-6-5-11-32-18)20-12-17(8-9-21(20)33-15)23-16(2)34-24(28-23)19-7-3-4-10-26-19/h3-12,15H,13-14H2,1-2H3,(H,27,30). The van der Waals surface area contributed by atoms with Crippen molar-refractivity contribution in [3.8, 4) is 27.7 Å². The topological polar surface area (TPSA) is 97.6 Å². The molecule has 0 saturated heterocycles. The van der Waals surface area contributed by atoms with Gasteiger partial charge in [0.05, 0.1) is 29.9 Å². The molecule has 9 heteroatoms. The summed E-state index contributed by atoms with van der Waals surface area (Å²) in [7, 11) is 0. The van der Waals surface area contributed by atoms with Gasteiger partial charge >= 0.3 is 0 Å². The van der Waals surface area contributed by atoms with Gasteiger partial charge in [-0.1, -0.05) is 6.07 Å². The number of carbonyl (C=O) groups excluding carboxylic acids is 2. The highest BCUT2D eigenvalue weighted by Crippen LogP contribution is 2.39. The normalized spacial score (nSPS) is 15.1. The van der Waals surface area contributed by atoms with E-state index < -0.39 is 6.10 Å². The van der Waals surface area contributed by atoms with Gasteiger partial charge in [-0.2, -0.15) is 0 Å². The summed E-state index contributed by atoms with van der Waals surface area (Å²) in [5.41, 5.74) is 2.99. The molecule has 4 aromatic rings. The molecule has 172 valence electrons. The van der Waals surface area contributed by atoms with Crippen molar-refractivity contribution in [2.24, 2.45) is 0 Å². The maximum atomic E-state index is 12.9. The van der Waals surface area contributed by atoms with Crippen molar-refractivity contribution < 1.29 is 18.7 Å². The molecular weight excluding hydrogens is 452 g/mol. The molecule has 1 unspecified atom stereocenters. The van der Waals surface area contributed by atoms with Gasteiger partial charge in [0.2, 0.25) is 5.91 Å². The number of rotatable bonds is 6. The number of amides is 2. The van der Waals surface area contributed by atoms with Crippen molar-refractivity contribution >= 4 is 28.8 Å². The Labute approximate surface area is 200 Å². The fourth-order valence-electron chi connectivity index (χ4n) is 3.78. The highest BCUT2D eigenvalue weighted by molar-refractivity contribution is 7.15. The van der Waals surface area contributed by atoms with Crippen LogP contribution in [0.15, 0.2) is 65.4 Å². The molecule has 1 aromatic carbocycles. The van der Waals surface area contributed by atoms with Crippen LogP contribution >= 0.6 is 11.3 Å². The number of benzene rings is 1. The van der Waals surface area contributed by atoms with Crippen molar-refractivity contribution in [1.82, 2.24) is 15.3 Å². The van der Waals surface area contributed by atoms with E-state index in [1.807, 2.05) is 43.3 Å². The fraction of sp³-hybridized carbons (Fsp3) is 0.200. The Morgan fingerprint density at radius 1 is 1.21 bits per heavy atom. The molecule has 1 aliphatic rings. The lowest BCUT2D eigenvalue weighted by Gasteiger charge is -2.32. The van der Waals surface area contributed by atoms with Crippen LogP contribution in [0.5, 0.6) is 5.75 Å². The SMILES string of the molecule is Cc1sc(-c2ccccn2)nc1-c1ccc2c(c1)N(CC(=O)NCc1ccco1)C(=O)C(C)O2. The Morgan fingerprint density at radius 3 is 2.85 bits per heavy atom. The summed E-state index contributed by atoms with van der Waals surface area (Å²) in [5, 5.41) is 3.61. The average molecular weight is 475 g/mol. The molecule has 0 bridgehead atoms. The van der Waals surface area contributed by atoms with Crippen LogP contribution in [0, 0.1) is 6.92 Å². The van der Waals surface area contributed by atoms with E-state index in [2.05, 4.69) is 10.3 Å². The Hall–Kier alpha value is -3.98. The molecule has 1 aliphatic heterocycles. The first-order valence-corrected chi connectivity index (χ1v) is 11.6. The third-order valence-electron chi connectivity index (χ3n) is 5.46. The third kappa shape index (κ3) is 4.29. The molecule has 1 atom stereocenters. The van der Waals surface area contributed by atoms with Crippen LogP contribution in [0.3, 0.4) is 0 Å². The molecule has 0 spiro atoms. The van der Waals surface area contributed by atoms with E-state index in [9.17, 15) is 9.59 Å². The second-order valence-electron chi connectivity index (χ2n) is 7.86. The van der Waals surface area contributed by atoms with Gasteiger partial charge < -0.3 is 14.5 Å². The van der Waals surface area contributed by atoms with Crippen molar-refractivity contribution in [2.45, 2.75) is 26.5 Å². The van der Waals surface area contributed by atoms with E-state index in [-0.39, 0.29) is 24.9 Å². The molecular formula is C25H22N4O4S. The number of carbonyl (C=O) groups is 2. The van der Waals surface area contributed by atoms with Gasteiger partial charge in [0, 0.05) is 16.6 Å². The summed E-state index contributed by atoms with van der Waals surface area (Å²) in [4.78, 5) is 37.3. The summed E-state index contributed by atoms with van der Waals surface area (Å²) < 4.78 is 11.1. The zero-order valence-electron chi connectivity index (χ0n) is 18.6. The molecule has 34 heavy (non-hydrogen) atoms. The molecule has 0 radical (unpaired) electrons. The number of fused-ring (bicyclic) bond motifs is 1. The number of furan rings is 1. The average Bonchev–Trinajstić information content (AvgIpc) is 3.51. The van der Waals surface area contributed by atoms with E-state index >= 15 is 0 Å². The molecule has 2 amide bonds. The molecule has 3 aromatic heterocycles. The fourth-order valence-corrected chi connectivity index (χ4v) is 4.69. The molecule has 5 rings (SSSR count). The number of aryl methyl sites for hydroxylation is 1. The quantitative estimate of drug-likeness (QED) is 0.450. The van der Waals surface area contributed by atoms with E-state index in [0.717, 1.165) is 26.8 Å². The summed E-state index contributed by atoms with van der Waals surface area (Å²) in [6.07, 6.45) is 2.60.